The van der Waals surface area contributed by atoms with E-state index in [9.17, 15) is 4.79 Å². The summed E-state index contributed by atoms with van der Waals surface area (Å²) in [7, 11) is 3.41. The normalized spacial score (nSPS) is 10.9. The van der Waals surface area contributed by atoms with Crippen molar-refractivity contribution in [2.45, 2.75) is 13.8 Å². The largest absolute Gasteiger partial charge is 0.497 e. The van der Waals surface area contributed by atoms with Gasteiger partial charge in [0.1, 0.15) is 5.75 Å². The van der Waals surface area contributed by atoms with Crippen LogP contribution in [0.25, 0.3) is 10.9 Å². The van der Waals surface area contributed by atoms with E-state index < -0.39 is 0 Å². The highest BCUT2D eigenvalue weighted by Gasteiger charge is 2.17. The molecule has 0 spiro atoms. The van der Waals surface area contributed by atoms with Crippen molar-refractivity contribution in [1.82, 2.24) is 10.3 Å². The zero-order chi connectivity index (χ0) is 13.3. The number of hydrogen-bond donors (Lipinski definition) is 2. The van der Waals surface area contributed by atoms with Crippen LogP contribution in [0.15, 0.2) is 12.1 Å². The molecule has 2 rings (SSSR count). The lowest BCUT2D eigenvalue weighted by Gasteiger charge is -2.04. The SMILES string of the molecule is CNCC(=O)c1c(C)[nH]c2c(C)cc(OC)cc12. The number of aromatic amines is 1. The smallest absolute Gasteiger partial charge is 0.179 e. The molecule has 0 bridgehead atoms. The maximum absolute atomic E-state index is 12.1. The monoisotopic (exact) mass is 246 g/mol. The fraction of sp³-hybridized carbons (Fsp3) is 0.357. The Kier molecular flexibility index (Phi) is 3.39. The number of likely N-dealkylation sites (N-methyl/N-ethyl adjacent to an activating group) is 1. The van der Waals surface area contributed by atoms with E-state index >= 15 is 0 Å². The second-order valence-electron chi connectivity index (χ2n) is 4.45. The Morgan fingerprint density at radius 3 is 2.72 bits per heavy atom. The molecule has 2 aromatic rings. The fourth-order valence-electron chi connectivity index (χ4n) is 2.30. The number of carbonyl (C=O) groups excluding carboxylic acids is 1. The minimum Gasteiger partial charge on any atom is -0.497 e. The van der Waals surface area contributed by atoms with Crippen LogP contribution >= 0.6 is 0 Å². The predicted octanol–water partition coefficient (Wildman–Crippen LogP) is 2.20. The molecule has 1 aromatic heterocycles. The second kappa shape index (κ2) is 4.82. The number of methoxy groups -OCH3 is 1. The van der Waals surface area contributed by atoms with Gasteiger partial charge in [0, 0.05) is 22.2 Å². The molecular weight excluding hydrogens is 228 g/mol. The first-order valence-electron chi connectivity index (χ1n) is 5.93. The van der Waals surface area contributed by atoms with Gasteiger partial charge in [0.25, 0.3) is 0 Å². The van der Waals surface area contributed by atoms with Crippen LogP contribution in [0.5, 0.6) is 5.75 Å². The highest BCUT2D eigenvalue weighted by molar-refractivity contribution is 6.11. The lowest BCUT2D eigenvalue weighted by Crippen LogP contribution is -2.19. The van der Waals surface area contributed by atoms with E-state index in [0.717, 1.165) is 33.5 Å². The first-order chi connectivity index (χ1) is 8.58. The van der Waals surface area contributed by atoms with Gasteiger partial charge >= 0.3 is 0 Å². The number of aromatic nitrogens is 1. The van der Waals surface area contributed by atoms with Gasteiger partial charge in [-0.1, -0.05) is 0 Å². The van der Waals surface area contributed by atoms with Gasteiger partial charge in [-0.25, -0.2) is 0 Å². The van der Waals surface area contributed by atoms with E-state index in [1.54, 1.807) is 14.2 Å². The maximum atomic E-state index is 12.1. The zero-order valence-corrected chi connectivity index (χ0v) is 11.2. The third kappa shape index (κ3) is 1.99. The number of carbonyl (C=O) groups is 1. The molecule has 0 radical (unpaired) electrons. The van der Waals surface area contributed by atoms with Crippen LogP contribution in [-0.4, -0.2) is 31.5 Å². The topological polar surface area (TPSA) is 54.1 Å². The summed E-state index contributed by atoms with van der Waals surface area (Å²) in [5, 5.41) is 3.83. The Balaban J connectivity index is 2.68. The molecule has 96 valence electrons. The van der Waals surface area contributed by atoms with Crippen molar-refractivity contribution in [3.63, 3.8) is 0 Å². The molecule has 0 aliphatic carbocycles. The van der Waals surface area contributed by atoms with Gasteiger partial charge in [-0.3, -0.25) is 4.79 Å². The molecule has 1 aromatic carbocycles. The predicted molar refractivity (Wildman–Crippen MR) is 72.6 cm³/mol. The van der Waals surface area contributed by atoms with Gasteiger partial charge in [-0.15, -0.1) is 0 Å². The molecule has 0 aliphatic heterocycles. The number of H-pyrrole nitrogens is 1. The van der Waals surface area contributed by atoms with Gasteiger partial charge in [0.2, 0.25) is 0 Å². The quantitative estimate of drug-likeness (QED) is 0.813. The molecule has 0 unspecified atom stereocenters. The standard InChI is InChI=1S/C14H18N2O2/c1-8-5-10(18-4)6-11-13(12(17)7-15-3)9(2)16-14(8)11/h5-6,15-16H,7H2,1-4H3. The van der Waals surface area contributed by atoms with Crippen LogP contribution < -0.4 is 10.1 Å². The third-order valence-electron chi connectivity index (χ3n) is 3.12. The van der Waals surface area contributed by atoms with E-state index in [2.05, 4.69) is 10.3 Å². The molecule has 2 N–H and O–H groups in total. The Morgan fingerprint density at radius 2 is 2.11 bits per heavy atom. The van der Waals surface area contributed by atoms with Gasteiger partial charge in [-0.2, -0.15) is 0 Å². The van der Waals surface area contributed by atoms with Crippen LogP contribution in [0.1, 0.15) is 21.6 Å². The lowest BCUT2D eigenvalue weighted by molar-refractivity contribution is 0.0994. The van der Waals surface area contributed by atoms with Crippen molar-refractivity contribution in [3.05, 3.63) is 29.0 Å². The van der Waals surface area contributed by atoms with Gasteiger partial charge in [0.15, 0.2) is 5.78 Å². The van der Waals surface area contributed by atoms with Crippen molar-refractivity contribution in [2.24, 2.45) is 0 Å². The van der Waals surface area contributed by atoms with Gasteiger partial charge in [-0.05, 0) is 38.6 Å². The maximum Gasteiger partial charge on any atom is 0.179 e. The summed E-state index contributed by atoms with van der Waals surface area (Å²) in [5.41, 5.74) is 3.74. The van der Waals surface area contributed by atoms with E-state index in [4.69, 9.17) is 4.74 Å². The Hall–Kier alpha value is -1.81. The molecule has 0 atom stereocenters. The average Bonchev–Trinajstić information content (AvgIpc) is 2.66. The third-order valence-corrected chi connectivity index (χ3v) is 3.12. The number of ether oxygens (including phenoxy) is 1. The number of rotatable bonds is 4. The summed E-state index contributed by atoms with van der Waals surface area (Å²) < 4.78 is 5.27. The Morgan fingerprint density at radius 1 is 1.39 bits per heavy atom. The second-order valence-corrected chi connectivity index (χ2v) is 4.45. The average molecular weight is 246 g/mol. The summed E-state index contributed by atoms with van der Waals surface area (Å²) in [6.07, 6.45) is 0. The summed E-state index contributed by atoms with van der Waals surface area (Å²) in [5.74, 6) is 0.867. The molecule has 4 nitrogen and oxygen atoms in total. The molecule has 0 saturated heterocycles. The number of Topliss-reactive ketones (excluding diaryl/α,β-unsaturated/α-hetero) is 1. The molecule has 1 heterocycles. The summed E-state index contributed by atoms with van der Waals surface area (Å²) in [6, 6.07) is 3.87. The van der Waals surface area contributed by atoms with E-state index in [1.165, 1.54) is 0 Å². The van der Waals surface area contributed by atoms with Crippen molar-refractivity contribution in [2.75, 3.05) is 20.7 Å². The first kappa shape index (κ1) is 12.6. The minimum absolute atomic E-state index is 0.0916. The molecular formula is C14H18N2O2. The van der Waals surface area contributed by atoms with E-state index in [0.29, 0.717) is 6.54 Å². The Bertz CT molecular complexity index is 599. The van der Waals surface area contributed by atoms with Crippen molar-refractivity contribution in [1.29, 1.82) is 0 Å². The Labute approximate surface area is 106 Å². The molecule has 18 heavy (non-hydrogen) atoms. The van der Waals surface area contributed by atoms with Crippen LogP contribution in [-0.2, 0) is 0 Å². The van der Waals surface area contributed by atoms with Crippen molar-refractivity contribution in [3.8, 4) is 5.75 Å². The van der Waals surface area contributed by atoms with Gasteiger partial charge < -0.3 is 15.0 Å². The molecule has 0 fully saturated rings. The fourth-order valence-corrected chi connectivity index (χ4v) is 2.30. The van der Waals surface area contributed by atoms with Crippen LogP contribution in [0.2, 0.25) is 0 Å². The number of nitrogens with one attached hydrogen (secondary N) is 2. The first-order valence-corrected chi connectivity index (χ1v) is 5.93. The summed E-state index contributed by atoms with van der Waals surface area (Å²) in [6.45, 7) is 4.27. The zero-order valence-electron chi connectivity index (χ0n) is 11.2. The number of aryl methyl sites for hydroxylation is 2. The van der Waals surface area contributed by atoms with E-state index in [-0.39, 0.29) is 5.78 Å². The molecule has 4 heteroatoms. The summed E-state index contributed by atoms with van der Waals surface area (Å²) in [4.78, 5) is 15.4. The van der Waals surface area contributed by atoms with E-state index in [1.807, 2.05) is 26.0 Å². The number of benzene rings is 1. The van der Waals surface area contributed by atoms with Crippen LogP contribution in [0.4, 0.5) is 0 Å². The molecule has 0 saturated carbocycles. The number of hydrogen-bond acceptors (Lipinski definition) is 3. The van der Waals surface area contributed by atoms with Crippen molar-refractivity contribution >= 4 is 16.7 Å². The van der Waals surface area contributed by atoms with Crippen LogP contribution in [0.3, 0.4) is 0 Å². The molecule has 0 aliphatic rings. The molecule has 0 amide bonds. The summed E-state index contributed by atoms with van der Waals surface area (Å²) >= 11 is 0. The minimum atomic E-state index is 0.0916. The van der Waals surface area contributed by atoms with Crippen LogP contribution in [0, 0.1) is 13.8 Å². The lowest BCUT2D eigenvalue weighted by atomic mass is 10.0. The highest BCUT2D eigenvalue weighted by Crippen LogP contribution is 2.29. The highest BCUT2D eigenvalue weighted by atomic mass is 16.5. The van der Waals surface area contributed by atoms with Crippen molar-refractivity contribution < 1.29 is 9.53 Å². The number of fused-ring (bicyclic) bond motifs is 1. The number of ketones is 1. The van der Waals surface area contributed by atoms with Gasteiger partial charge in [0.05, 0.1) is 13.7 Å².